The van der Waals surface area contributed by atoms with Crippen molar-refractivity contribution < 1.29 is 9.47 Å². The molecule has 3 rings (SSSR count). The van der Waals surface area contributed by atoms with Crippen molar-refractivity contribution in [2.75, 3.05) is 19.7 Å². The highest BCUT2D eigenvalue weighted by Gasteiger charge is 2.40. The number of hydrogen-bond acceptors (Lipinski definition) is 3. The minimum absolute atomic E-state index is 0.0547. The van der Waals surface area contributed by atoms with Crippen LogP contribution in [0.15, 0.2) is 24.3 Å². The summed E-state index contributed by atoms with van der Waals surface area (Å²) in [6.45, 7) is 6.98. The zero-order chi connectivity index (χ0) is 14.7. The van der Waals surface area contributed by atoms with Gasteiger partial charge in [-0.05, 0) is 43.4 Å². The van der Waals surface area contributed by atoms with E-state index in [4.69, 9.17) is 9.47 Å². The van der Waals surface area contributed by atoms with Crippen LogP contribution in [0.3, 0.4) is 0 Å². The molecule has 0 aromatic heterocycles. The molecule has 1 spiro atoms. The fourth-order valence-electron chi connectivity index (χ4n) is 3.83. The summed E-state index contributed by atoms with van der Waals surface area (Å²) in [5.74, 6) is 1.71. The van der Waals surface area contributed by atoms with Crippen molar-refractivity contribution in [2.24, 2.45) is 5.92 Å². The van der Waals surface area contributed by atoms with Crippen LogP contribution in [0.1, 0.15) is 51.2 Å². The number of hydrogen-bond donors (Lipinski definition) is 1. The van der Waals surface area contributed by atoms with Crippen molar-refractivity contribution in [1.29, 1.82) is 0 Å². The summed E-state index contributed by atoms with van der Waals surface area (Å²) in [5.41, 5.74) is 1.31. The maximum atomic E-state index is 6.57. The topological polar surface area (TPSA) is 30.5 Å². The van der Waals surface area contributed by atoms with Crippen LogP contribution in [0.5, 0.6) is 5.75 Å². The van der Waals surface area contributed by atoms with Gasteiger partial charge >= 0.3 is 0 Å². The molecule has 1 saturated carbocycles. The number of nitrogens with one attached hydrogen (secondary N) is 1. The molecule has 1 aliphatic heterocycles. The Bertz CT molecular complexity index is 455. The fraction of sp³-hybridized carbons (Fsp3) is 0.667. The monoisotopic (exact) mass is 289 g/mol. The van der Waals surface area contributed by atoms with Crippen LogP contribution in [-0.2, 0) is 4.74 Å². The molecule has 116 valence electrons. The van der Waals surface area contributed by atoms with Gasteiger partial charge in [0.2, 0.25) is 0 Å². The summed E-state index contributed by atoms with van der Waals surface area (Å²) < 4.78 is 12.1. The Hall–Kier alpha value is -1.06. The normalized spacial score (nSPS) is 33.0. The fourth-order valence-corrected chi connectivity index (χ4v) is 3.83. The van der Waals surface area contributed by atoms with Crippen LogP contribution in [0.2, 0.25) is 0 Å². The minimum atomic E-state index is 0.0547. The lowest BCUT2D eigenvalue weighted by Gasteiger charge is -2.46. The van der Waals surface area contributed by atoms with Crippen molar-refractivity contribution in [3.8, 4) is 5.75 Å². The van der Waals surface area contributed by atoms with Crippen molar-refractivity contribution in [3.05, 3.63) is 29.8 Å². The van der Waals surface area contributed by atoms with Crippen molar-refractivity contribution >= 4 is 0 Å². The van der Waals surface area contributed by atoms with E-state index >= 15 is 0 Å². The molecule has 1 heterocycles. The Labute approximate surface area is 128 Å². The van der Waals surface area contributed by atoms with E-state index in [2.05, 4.69) is 24.4 Å². The molecular weight excluding hydrogens is 262 g/mol. The summed E-state index contributed by atoms with van der Waals surface area (Å²) in [4.78, 5) is 0. The quantitative estimate of drug-likeness (QED) is 0.920. The first-order chi connectivity index (χ1) is 10.2. The van der Waals surface area contributed by atoms with E-state index in [-0.39, 0.29) is 11.7 Å². The maximum absolute atomic E-state index is 6.57. The summed E-state index contributed by atoms with van der Waals surface area (Å²) in [6.07, 6.45) is 5.18. The molecule has 0 amide bonds. The van der Waals surface area contributed by atoms with Gasteiger partial charge in [0, 0.05) is 13.1 Å². The third-order valence-electron chi connectivity index (χ3n) is 4.78. The molecule has 1 aromatic carbocycles. The zero-order valence-corrected chi connectivity index (χ0v) is 13.2. The van der Waals surface area contributed by atoms with Gasteiger partial charge in [-0.3, -0.25) is 0 Å². The van der Waals surface area contributed by atoms with E-state index < -0.39 is 0 Å². The smallest absolute Gasteiger partial charge is 0.119 e. The highest BCUT2D eigenvalue weighted by molar-refractivity contribution is 5.29. The third-order valence-corrected chi connectivity index (χ3v) is 4.78. The lowest BCUT2D eigenvalue weighted by Crippen LogP contribution is -2.52. The molecule has 2 fully saturated rings. The summed E-state index contributed by atoms with van der Waals surface area (Å²) in [5, 5.41) is 3.60. The van der Waals surface area contributed by atoms with Crippen molar-refractivity contribution in [1.82, 2.24) is 5.32 Å². The molecule has 3 unspecified atom stereocenters. The van der Waals surface area contributed by atoms with E-state index in [0.717, 1.165) is 24.8 Å². The van der Waals surface area contributed by atoms with Gasteiger partial charge in [0.25, 0.3) is 0 Å². The molecule has 0 bridgehead atoms. The second kappa shape index (κ2) is 6.37. The van der Waals surface area contributed by atoms with Gasteiger partial charge in [0.05, 0.1) is 18.3 Å². The summed E-state index contributed by atoms with van der Waals surface area (Å²) in [6, 6.07) is 8.38. The van der Waals surface area contributed by atoms with Gasteiger partial charge < -0.3 is 14.8 Å². The van der Waals surface area contributed by atoms with Crippen LogP contribution >= 0.6 is 0 Å². The van der Waals surface area contributed by atoms with Gasteiger partial charge in [0.15, 0.2) is 0 Å². The van der Waals surface area contributed by atoms with E-state index in [1.807, 2.05) is 19.1 Å². The maximum Gasteiger partial charge on any atom is 0.119 e. The van der Waals surface area contributed by atoms with Crippen molar-refractivity contribution in [3.63, 3.8) is 0 Å². The molecule has 2 aliphatic rings. The van der Waals surface area contributed by atoms with E-state index in [0.29, 0.717) is 6.61 Å². The lowest BCUT2D eigenvalue weighted by molar-refractivity contribution is -0.143. The first-order valence-corrected chi connectivity index (χ1v) is 8.32. The van der Waals surface area contributed by atoms with E-state index in [1.54, 1.807) is 0 Å². The van der Waals surface area contributed by atoms with Crippen LogP contribution in [0, 0.1) is 5.92 Å². The molecule has 3 nitrogen and oxygen atoms in total. The zero-order valence-electron chi connectivity index (χ0n) is 13.2. The van der Waals surface area contributed by atoms with E-state index in [9.17, 15) is 0 Å². The van der Waals surface area contributed by atoms with Crippen LogP contribution in [0.25, 0.3) is 0 Å². The van der Waals surface area contributed by atoms with Crippen molar-refractivity contribution in [2.45, 2.75) is 51.2 Å². The average Bonchev–Trinajstić information content (AvgIpc) is 2.48. The largest absolute Gasteiger partial charge is 0.494 e. The summed E-state index contributed by atoms with van der Waals surface area (Å²) >= 11 is 0. The van der Waals surface area contributed by atoms with Crippen LogP contribution < -0.4 is 10.1 Å². The Morgan fingerprint density at radius 2 is 2.14 bits per heavy atom. The highest BCUT2D eigenvalue weighted by Crippen LogP contribution is 2.40. The van der Waals surface area contributed by atoms with Gasteiger partial charge in [-0.1, -0.05) is 31.9 Å². The minimum Gasteiger partial charge on any atom is -0.494 e. The van der Waals surface area contributed by atoms with E-state index in [1.165, 1.54) is 31.2 Å². The third kappa shape index (κ3) is 3.41. The molecule has 3 heteroatoms. The second-order valence-corrected chi connectivity index (χ2v) is 6.62. The molecule has 1 aromatic rings. The Kier molecular flexibility index (Phi) is 4.51. The van der Waals surface area contributed by atoms with Gasteiger partial charge in [0.1, 0.15) is 5.75 Å². The number of rotatable bonds is 3. The molecule has 3 atom stereocenters. The first kappa shape index (κ1) is 14.9. The molecular formula is C18H27NO2. The molecule has 1 saturated heterocycles. The SMILES string of the molecule is CCOc1ccc(C2CNCC3(CCCC(C)C3)O2)cc1. The summed E-state index contributed by atoms with van der Waals surface area (Å²) in [7, 11) is 0. The molecule has 1 N–H and O–H groups in total. The van der Waals surface area contributed by atoms with Gasteiger partial charge in [-0.25, -0.2) is 0 Å². The lowest BCUT2D eigenvalue weighted by atomic mass is 9.77. The van der Waals surface area contributed by atoms with Crippen LogP contribution in [-0.4, -0.2) is 25.3 Å². The van der Waals surface area contributed by atoms with Gasteiger partial charge in [-0.15, -0.1) is 0 Å². The van der Waals surface area contributed by atoms with Crippen LogP contribution in [0.4, 0.5) is 0 Å². The second-order valence-electron chi connectivity index (χ2n) is 6.62. The van der Waals surface area contributed by atoms with Gasteiger partial charge in [-0.2, -0.15) is 0 Å². The molecule has 0 radical (unpaired) electrons. The average molecular weight is 289 g/mol. The Morgan fingerprint density at radius 3 is 2.86 bits per heavy atom. The number of benzene rings is 1. The molecule has 21 heavy (non-hydrogen) atoms. The highest BCUT2D eigenvalue weighted by atomic mass is 16.5. The Balaban J connectivity index is 1.70. The molecule has 1 aliphatic carbocycles. The predicted molar refractivity (Wildman–Crippen MR) is 84.7 cm³/mol. The number of ether oxygens (including phenoxy) is 2. The first-order valence-electron chi connectivity index (χ1n) is 8.32. The predicted octanol–water partition coefficient (Wildman–Crippen LogP) is 3.70. The Morgan fingerprint density at radius 1 is 1.33 bits per heavy atom. The number of morpholine rings is 1. The standard InChI is InChI=1S/C18H27NO2/c1-3-20-16-8-6-15(7-9-16)17-12-19-13-18(21-17)10-4-5-14(2)11-18/h6-9,14,17,19H,3-5,10-13H2,1-2H3.